The molecular weight excluding hydrogens is 324 g/mol. The third-order valence-electron chi connectivity index (χ3n) is 6.71. The van der Waals surface area contributed by atoms with Crippen LogP contribution in [0.15, 0.2) is 24.3 Å². The zero-order valence-corrected chi connectivity index (χ0v) is 16.0. The van der Waals surface area contributed by atoms with Gasteiger partial charge in [-0.2, -0.15) is 0 Å². The van der Waals surface area contributed by atoms with Crippen LogP contribution in [0.4, 0.5) is 0 Å². The Hall–Kier alpha value is -1.55. The van der Waals surface area contributed by atoms with Gasteiger partial charge in [0.05, 0.1) is 12.7 Å². The Morgan fingerprint density at radius 1 is 0.962 bits per heavy atom. The van der Waals surface area contributed by atoms with E-state index in [0.29, 0.717) is 29.4 Å². The first kappa shape index (κ1) is 17.8. The average molecular weight is 357 g/mol. The first-order valence-electron chi connectivity index (χ1n) is 10.5. The number of benzene rings is 1. The van der Waals surface area contributed by atoms with Crippen LogP contribution >= 0.6 is 0 Å². The van der Waals surface area contributed by atoms with Crippen LogP contribution in [-0.4, -0.2) is 42.1 Å². The summed E-state index contributed by atoms with van der Waals surface area (Å²) < 4.78 is 5.36. The van der Waals surface area contributed by atoms with Gasteiger partial charge in [0.15, 0.2) is 0 Å². The molecule has 2 atom stereocenters. The van der Waals surface area contributed by atoms with E-state index in [0.717, 1.165) is 18.9 Å². The molecule has 142 valence electrons. The summed E-state index contributed by atoms with van der Waals surface area (Å²) in [4.78, 5) is 15.7. The Labute approximate surface area is 157 Å². The maximum absolute atomic E-state index is 12.8. The number of hydrogen-bond donors (Lipinski definition) is 1. The molecule has 1 aliphatic carbocycles. The molecule has 3 aliphatic rings. The maximum Gasteiger partial charge on any atom is 0.255 e. The van der Waals surface area contributed by atoms with Crippen LogP contribution < -0.4 is 10.1 Å². The van der Waals surface area contributed by atoms with Crippen LogP contribution in [0.1, 0.15) is 74.6 Å². The van der Waals surface area contributed by atoms with Crippen LogP contribution in [0.5, 0.6) is 5.75 Å². The minimum atomic E-state index is 0.0108. The number of amides is 1. The molecule has 2 heterocycles. The van der Waals surface area contributed by atoms with Gasteiger partial charge in [0.2, 0.25) is 0 Å². The van der Waals surface area contributed by atoms with Gasteiger partial charge in [-0.25, -0.2) is 0 Å². The molecule has 0 spiro atoms. The molecule has 2 aliphatic heterocycles. The molecule has 2 bridgehead atoms. The molecule has 4 heteroatoms. The second-order valence-corrected chi connectivity index (χ2v) is 8.32. The van der Waals surface area contributed by atoms with Crippen LogP contribution in [-0.2, 0) is 0 Å². The van der Waals surface area contributed by atoms with Crippen molar-refractivity contribution in [3.05, 3.63) is 29.8 Å². The van der Waals surface area contributed by atoms with Crippen molar-refractivity contribution in [2.75, 3.05) is 7.11 Å². The Balaban J connectivity index is 1.43. The van der Waals surface area contributed by atoms with E-state index in [1.165, 1.54) is 51.4 Å². The molecule has 26 heavy (non-hydrogen) atoms. The second-order valence-electron chi connectivity index (χ2n) is 8.32. The van der Waals surface area contributed by atoms with E-state index >= 15 is 0 Å². The molecule has 1 aromatic rings. The number of ether oxygens (including phenoxy) is 1. The Bertz CT molecular complexity index is 612. The van der Waals surface area contributed by atoms with Crippen molar-refractivity contribution >= 4 is 5.91 Å². The predicted octanol–water partition coefficient (Wildman–Crippen LogP) is 4.14. The van der Waals surface area contributed by atoms with Crippen LogP contribution in [0.3, 0.4) is 0 Å². The minimum absolute atomic E-state index is 0.0108. The predicted molar refractivity (Wildman–Crippen MR) is 104 cm³/mol. The van der Waals surface area contributed by atoms with Crippen molar-refractivity contribution in [1.29, 1.82) is 0 Å². The fraction of sp³-hybridized carbons (Fsp3) is 0.682. The van der Waals surface area contributed by atoms with E-state index in [1.54, 1.807) is 7.11 Å². The van der Waals surface area contributed by atoms with Gasteiger partial charge >= 0.3 is 0 Å². The summed E-state index contributed by atoms with van der Waals surface area (Å²) in [6.45, 7) is 0. The van der Waals surface area contributed by atoms with Crippen molar-refractivity contribution in [2.45, 2.75) is 88.4 Å². The number of methoxy groups -OCH3 is 1. The number of nitrogens with one attached hydrogen (secondary N) is 1. The van der Waals surface area contributed by atoms with E-state index in [2.05, 4.69) is 10.2 Å². The summed E-state index contributed by atoms with van der Waals surface area (Å²) in [5.74, 6) is 0.668. The highest BCUT2D eigenvalue weighted by atomic mass is 16.5. The number of para-hydroxylation sites is 1. The summed E-state index contributed by atoms with van der Waals surface area (Å²) in [6.07, 6.45) is 13.1. The summed E-state index contributed by atoms with van der Waals surface area (Å²) in [7, 11) is 1.62. The molecule has 1 saturated carbocycles. The Morgan fingerprint density at radius 3 is 2.31 bits per heavy atom. The average Bonchev–Trinajstić information content (AvgIpc) is 2.68. The van der Waals surface area contributed by atoms with Crippen molar-refractivity contribution < 1.29 is 9.53 Å². The van der Waals surface area contributed by atoms with E-state index in [9.17, 15) is 4.79 Å². The molecule has 0 unspecified atom stereocenters. The number of rotatable bonds is 4. The molecule has 0 radical (unpaired) electrons. The van der Waals surface area contributed by atoms with Gasteiger partial charge < -0.3 is 10.1 Å². The lowest BCUT2D eigenvalue weighted by molar-refractivity contribution is -0.0212. The largest absolute Gasteiger partial charge is 0.496 e. The number of fused-ring (bicyclic) bond motifs is 2. The molecule has 1 amide bonds. The summed E-state index contributed by atoms with van der Waals surface area (Å²) in [5, 5.41) is 3.32. The van der Waals surface area contributed by atoms with Crippen LogP contribution in [0, 0.1) is 0 Å². The molecule has 3 fully saturated rings. The van der Waals surface area contributed by atoms with Gasteiger partial charge in [-0.05, 0) is 50.7 Å². The van der Waals surface area contributed by atoms with E-state index in [4.69, 9.17) is 4.74 Å². The standard InChI is InChI=1S/C22H32N2O2/c1-26-21-13-6-5-12-20(21)22(25)23-16-14-18-10-7-11-19(15-16)24(18)17-8-3-2-4-9-17/h5-6,12-13,16-19H,2-4,7-11,14-15H2,1H3,(H,23,25)/t18-,19-/m0/s1. The highest BCUT2D eigenvalue weighted by molar-refractivity contribution is 5.97. The second kappa shape index (κ2) is 7.99. The number of hydrogen-bond acceptors (Lipinski definition) is 3. The van der Waals surface area contributed by atoms with E-state index in [1.807, 2.05) is 24.3 Å². The molecule has 1 aromatic carbocycles. The van der Waals surface area contributed by atoms with Crippen molar-refractivity contribution in [3.63, 3.8) is 0 Å². The normalized spacial score (nSPS) is 30.0. The first-order chi connectivity index (χ1) is 12.8. The van der Waals surface area contributed by atoms with Gasteiger partial charge in [-0.1, -0.05) is 37.8 Å². The molecule has 4 rings (SSSR count). The molecule has 4 nitrogen and oxygen atoms in total. The van der Waals surface area contributed by atoms with Crippen LogP contribution in [0.25, 0.3) is 0 Å². The SMILES string of the molecule is COc1ccccc1C(=O)NC1C[C@@H]2CCC[C@@H](C1)N2C1CCCCC1. The molecule has 1 N–H and O–H groups in total. The van der Waals surface area contributed by atoms with Gasteiger partial charge in [0.25, 0.3) is 5.91 Å². The van der Waals surface area contributed by atoms with Crippen LogP contribution in [0.2, 0.25) is 0 Å². The number of carbonyl (C=O) groups is 1. The quantitative estimate of drug-likeness (QED) is 0.881. The zero-order chi connectivity index (χ0) is 17.9. The Kier molecular flexibility index (Phi) is 5.49. The summed E-state index contributed by atoms with van der Waals surface area (Å²) >= 11 is 0. The van der Waals surface area contributed by atoms with E-state index < -0.39 is 0 Å². The van der Waals surface area contributed by atoms with Gasteiger partial charge in [0.1, 0.15) is 5.75 Å². The third-order valence-corrected chi connectivity index (χ3v) is 6.71. The number of nitrogens with zero attached hydrogens (tertiary/aromatic N) is 1. The highest BCUT2D eigenvalue weighted by Crippen LogP contribution is 2.39. The zero-order valence-electron chi connectivity index (χ0n) is 16.0. The smallest absolute Gasteiger partial charge is 0.255 e. The lowest BCUT2D eigenvalue weighted by Gasteiger charge is -2.53. The fourth-order valence-corrected chi connectivity index (χ4v) is 5.61. The lowest BCUT2D eigenvalue weighted by atomic mass is 9.78. The maximum atomic E-state index is 12.8. The van der Waals surface area contributed by atoms with Gasteiger partial charge in [-0.3, -0.25) is 9.69 Å². The summed E-state index contributed by atoms with van der Waals surface area (Å²) in [5.41, 5.74) is 0.648. The topological polar surface area (TPSA) is 41.6 Å². The lowest BCUT2D eigenvalue weighted by Crippen LogP contribution is -2.60. The molecule has 2 saturated heterocycles. The fourth-order valence-electron chi connectivity index (χ4n) is 5.61. The van der Waals surface area contributed by atoms with Crippen molar-refractivity contribution in [3.8, 4) is 5.75 Å². The number of carbonyl (C=O) groups excluding carboxylic acids is 1. The van der Waals surface area contributed by atoms with E-state index in [-0.39, 0.29) is 5.91 Å². The first-order valence-corrected chi connectivity index (χ1v) is 10.5. The molecule has 0 aromatic heterocycles. The minimum Gasteiger partial charge on any atom is -0.496 e. The molecular formula is C22H32N2O2. The monoisotopic (exact) mass is 356 g/mol. The van der Waals surface area contributed by atoms with Gasteiger partial charge in [0, 0.05) is 24.2 Å². The summed E-state index contributed by atoms with van der Waals surface area (Å²) in [6, 6.07) is 9.93. The number of piperidine rings is 2. The van der Waals surface area contributed by atoms with Gasteiger partial charge in [-0.15, -0.1) is 0 Å². The third kappa shape index (κ3) is 3.62. The Morgan fingerprint density at radius 2 is 1.62 bits per heavy atom. The van der Waals surface area contributed by atoms with Crippen molar-refractivity contribution in [1.82, 2.24) is 10.2 Å². The van der Waals surface area contributed by atoms with Crippen molar-refractivity contribution in [2.24, 2.45) is 0 Å². The highest BCUT2D eigenvalue weighted by Gasteiger charge is 2.42.